The van der Waals surface area contributed by atoms with Gasteiger partial charge >= 0.3 is 0 Å². The van der Waals surface area contributed by atoms with Gasteiger partial charge in [0.1, 0.15) is 0 Å². The molecule has 0 unspecified atom stereocenters. The molecule has 0 spiro atoms. The number of amides is 1. The van der Waals surface area contributed by atoms with E-state index >= 15 is 0 Å². The Morgan fingerprint density at radius 2 is 1.74 bits per heavy atom. The summed E-state index contributed by atoms with van der Waals surface area (Å²) in [6.07, 6.45) is 7.65. The number of nitrogens with zero attached hydrogens (tertiary/aromatic N) is 3. The van der Waals surface area contributed by atoms with Crippen LogP contribution in [0.15, 0.2) is 47.4 Å². The third kappa shape index (κ3) is 5.09. The molecule has 31 heavy (non-hydrogen) atoms. The average Bonchev–Trinajstić information content (AvgIpc) is 3.28. The van der Waals surface area contributed by atoms with Gasteiger partial charge in [-0.05, 0) is 43.5 Å². The third-order valence-corrected chi connectivity index (χ3v) is 7.30. The van der Waals surface area contributed by atoms with Crippen molar-refractivity contribution in [2.45, 2.75) is 31.2 Å². The maximum absolute atomic E-state index is 13.6. The van der Waals surface area contributed by atoms with E-state index in [-0.39, 0.29) is 17.3 Å². The molecule has 0 atom stereocenters. The molecule has 0 aromatic heterocycles. The Morgan fingerprint density at radius 3 is 2.32 bits per heavy atom. The highest BCUT2D eigenvalue weighted by Crippen LogP contribution is 2.29. The molecule has 1 heterocycles. The maximum Gasteiger partial charge on any atom is 0.257 e. The first-order valence-corrected chi connectivity index (χ1v) is 11.8. The lowest BCUT2D eigenvalue weighted by Crippen LogP contribution is -2.33. The van der Waals surface area contributed by atoms with Gasteiger partial charge in [-0.2, -0.15) is 0 Å². The maximum atomic E-state index is 13.6. The molecule has 7 heteroatoms. The first kappa shape index (κ1) is 22.9. The van der Waals surface area contributed by atoms with Gasteiger partial charge in [-0.3, -0.25) is 4.79 Å². The van der Waals surface area contributed by atoms with Gasteiger partial charge in [-0.15, -0.1) is 6.42 Å². The van der Waals surface area contributed by atoms with Gasteiger partial charge in [0.25, 0.3) is 5.91 Å². The molecule has 0 radical (unpaired) electrons. The number of anilines is 1. The molecule has 2 aromatic rings. The van der Waals surface area contributed by atoms with E-state index in [2.05, 4.69) is 10.8 Å². The van der Waals surface area contributed by atoms with Crippen LogP contribution in [-0.2, 0) is 16.6 Å². The predicted octanol–water partition coefficient (Wildman–Crippen LogP) is 3.12. The molecule has 1 fully saturated rings. The molecule has 0 bridgehead atoms. The highest BCUT2D eigenvalue weighted by atomic mass is 32.2. The van der Waals surface area contributed by atoms with Crippen LogP contribution in [0.1, 0.15) is 34.3 Å². The lowest BCUT2D eigenvalue weighted by molar-refractivity contribution is 0.0766. The zero-order valence-electron chi connectivity index (χ0n) is 18.3. The first-order chi connectivity index (χ1) is 14.7. The molecule has 2 aromatic carbocycles. The van der Waals surface area contributed by atoms with Crippen LogP contribution in [0.25, 0.3) is 0 Å². The Hall–Kier alpha value is -2.82. The van der Waals surface area contributed by atoms with Crippen molar-refractivity contribution in [2.24, 2.45) is 0 Å². The van der Waals surface area contributed by atoms with Crippen molar-refractivity contribution >= 4 is 21.6 Å². The van der Waals surface area contributed by atoms with Crippen LogP contribution in [0.4, 0.5) is 5.69 Å². The molecular formula is C24H29N3O3S. The summed E-state index contributed by atoms with van der Waals surface area (Å²) < 4.78 is 26.6. The number of carbonyl (C=O) groups is 1. The van der Waals surface area contributed by atoms with Gasteiger partial charge in [0, 0.05) is 39.4 Å². The van der Waals surface area contributed by atoms with Crippen LogP contribution < -0.4 is 4.90 Å². The minimum Gasteiger partial charge on any atom is -0.371 e. The zero-order valence-corrected chi connectivity index (χ0v) is 19.2. The van der Waals surface area contributed by atoms with Crippen molar-refractivity contribution in [1.29, 1.82) is 0 Å². The van der Waals surface area contributed by atoms with E-state index in [9.17, 15) is 13.2 Å². The SMILES string of the molecule is C#CCN(Cc1ccc(C)cc1)C(=O)c1cc(S(=O)(=O)N(C)C)ccc1N1CCCC1. The summed E-state index contributed by atoms with van der Waals surface area (Å²) in [5, 5.41) is 0. The van der Waals surface area contributed by atoms with Crippen LogP contribution in [0.3, 0.4) is 0 Å². The van der Waals surface area contributed by atoms with Crippen molar-refractivity contribution in [3.8, 4) is 12.3 Å². The van der Waals surface area contributed by atoms with Crippen molar-refractivity contribution in [3.63, 3.8) is 0 Å². The number of carbonyl (C=O) groups excluding carboxylic acids is 1. The first-order valence-electron chi connectivity index (χ1n) is 10.3. The van der Waals surface area contributed by atoms with E-state index in [1.165, 1.54) is 20.2 Å². The van der Waals surface area contributed by atoms with Crippen LogP contribution in [0.5, 0.6) is 0 Å². The lowest BCUT2D eigenvalue weighted by Gasteiger charge is -2.26. The number of sulfonamides is 1. The Morgan fingerprint density at radius 1 is 1.10 bits per heavy atom. The molecule has 0 aliphatic carbocycles. The number of rotatable bonds is 7. The van der Waals surface area contributed by atoms with Crippen molar-refractivity contribution < 1.29 is 13.2 Å². The standard InChI is InChI=1S/C24H29N3O3S/c1-5-14-27(18-20-10-8-19(2)9-11-20)24(28)22-17-21(31(29,30)25(3)4)12-13-23(22)26-15-6-7-16-26/h1,8-13,17H,6-7,14-16,18H2,2-4H3. The molecule has 0 saturated carbocycles. The second-order valence-electron chi connectivity index (χ2n) is 8.01. The molecule has 1 saturated heterocycles. The molecule has 0 N–H and O–H groups in total. The summed E-state index contributed by atoms with van der Waals surface area (Å²) in [7, 11) is -0.712. The van der Waals surface area contributed by atoms with Crippen molar-refractivity contribution in [2.75, 3.05) is 38.6 Å². The number of hydrogen-bond acceptors (Lipinski definition) is 4. The fraction of sp³-hybridized carbons (Fsp3) is 0.375. The molecule has 6 nitrogen and oxygen atoms in total. The number of aryl methyl sites for hydroxylation is 1. The fourth-order valence-corrected chi connectivity index (χ4v) is 4.61. The lowest BCUT2D eigenvalue weighted by atomic mass is 10.1. The quantitative estimate of drug-likeness (QED) is 0.622. The van der Waals surface area contributed by atoms with Gasteiger partial charge < -0.3 is 9.80 Å². The van der Waals surface area contributed by atoms with E-state index < -0.39 is 10.0 Å². The number of benzene rings is 2. The molecule has 164 valence electrons. The largest absolute Gasteiger partial charge is 0.371 e. The Balaban J connectivity index is 2.03. The minimum absolute atomic E-state index is 0.0970. The molecule has 1 aliphatic rings. The van der Waals surface area contributed by atoms with Crippen molar-refractivity contribution in [3.05, 3.63) is 59.2 Å². The van der Waals surface area contributed by atoms with Crippen LogP contribution in [0, 0.1) is 19.3 Å². The van der Waals surface area contributed by atoms with E-state index in [0.717, 1.165) is 47.1 Å². The average molecular weight is 440 g/mol. The van der Waals surface area contributed by atoms with E-state index in [1.54, 1.807) is 17.0 Å². The van der Waals surface area contributed by atoms with Crippen LogP contribution in [-0.4, -0.2) is 57.3 Å². The Kier molecular flexibility index (Phi) is 7.04. The smallest absolute Gasteiger partial charge is 0.257 e. The predicted molar refractivity (Wildman–Crippen MR) is 124 cm³/mol. The van der Waals surface area contributed by atoms with Gasteiger partial charge in [-0.1, -0.05) is 35.7 Å². The number of hydrogen-bond donors (Lipinski definition) is 0. The molecular weight excluding hydrogens is 410 g/mol. The third-order valence-electron chi connectivity index (χ3n) is 5.49. The topological polar surface area (TPSA) is 60.9 Å². The summed E-state index contributed by atoms with van der Waals surface area (Å²) in [5.74, 6) is 2.30. The van der Waals surface area contributed by atoms with E-state index in [4.69, 9.17) is 6.42 Å². The monoisotopic (exact) mass is 439 g/mol. The molecule has 1 amide bonds. The summed E-state index contributed by atoms with van der Waals surface area (Å²) in [5.41, 5.74) is 3.23. The van der Waals surface area contributed by atoms with Gasteiger partial charge in [0.15, 0.2) is 0 Å². The molecule has 3 rings (SSSR count). The molecule has 1 aliphatic heterocycles. The van der Waals surface area contributed by atoms with Crippen molar-refractivity contribution in [1.82, 2.24) is 9.21 Å². The Bertz CT molecular complexity index is 1080. The van der Waals surface area contributed by atoms with Crippen LogP contribution in [0.2, 0.25) is 0 Å². The second-order valence-corrected chi connectivity index (χ2v) is 10.2. The highest BCUT2D eigenvalue weighted by molar-refractivity contribution is 7.89. The summed E-state index contributed by atoms with van der Waals surface area (Å²) in [6, 6.07) is 12.7. The normalized spacial score (nSPS) is 14.0. The summed E-state index contributed by atoms with van der Waals surface area (Å²) >= 11 is 0. The minimum atomic E-state index is -3.67. The van der Waals surface area contributed by atoms with Gasteiger partial charge in [-0.25, -0.2) is 12.7 Å². The zero-order chi connectivity index (χ0) is 22.6. The van der Waals surface area contributed by atoms with Crippen LogP contribution >= 0.6 is 0 Å². The summed E-state index contributed by atoms with van der Waals surface area (Å²) in [4.78, 5) is 17.5. The van der Waals surface area contributed by atoms with E-state index in [0.29, 0.717) is 12.1 Å². The second kappa shape index (κ2) is 9.54. The fourth-order valence-electron chi connectivity index (χ4n) is 3.69. The summed E-state index contributed by atoms with van der Waals surface area (Å²) in [6.45, 7) is 4.18. The Labute approximate surface area is 185 Å². The van der Waals surface area contributed by atoms with E-state index in [1.807, 2.05) is 31.2 Å². The van der Waals surface area contributed by atoms with Gasteiger partial charge in [0.2, 0.25) is 10.0 Å². The highest BCUT2D eigenvalue weighted by Gasteiger charge is 2.27. The number of terminal acetylenes is 1. The van der Waals surface area contributed by atoms with Gasteiger partial charge in [0.05, 0.1) is 17.0 Å².